The summed E-state index contributed by atoms with van der Waals surface area (Å²) in [6, 6.07) is 5.67. The molecule has 0 atom stereocenters. The summed E-state index contributed by atoms with van der Waals surface area (Å²) in [5.41, 5.74) is 6.64. The first-order valence-corrected chi connectivity index (χ1v) is 5.38. The number of benzene rings is 1. The molecule has 0 spiro atoms. The third-order valence-electron chi connectivity index (χ3n) is 2.59. The smallest absolute Gasteiger partial charge is 0.254 e. The molecule has 3 N–H and O–H groups in total. The Morgan fingerprint density at radius 1 is 1.50 bits per heavy atom. The highest BCUT2D eigenvalue weighted by atomic mass is 19.1. The van der Waals surface area contributed by atoms with E-state index in [0.717, 1.165) is 5.69 Å². The van der Waals surface area contributed by atoms with Crippen molar-refractivity contribution in [3.63, 3.8) is 0 Å². The number of nitrogen functional groups attached to an aromatic ring is 1. The van der Waals surface area contributed by atoms with Gasteiger partial charge >= 0.3 is 0 Å². The predicted molar refractivity (Wildman–Crippen MR) is 65.2 cm³/mol. The third kappa shape index (κ3) is 2.48. The van der Waals surface area contributed by atoms with Crippen molar-refractivity contribution in [1.82, 2.24) is 15.1 Å². The van der Waals surface area contributed by atoms with Gasteiger partial charge in [0.1, 0.15) is 5.82 Å². The van der Waals surface area contributed by atoms with E-state index in [4.69, 9.17) is 5.73 Å². The maximum absolute atomic E-state index is 13.4. The zero-order valence-electron chi connectivity index (χ0n) is 9.85. The second kappa shape index (κ2) is 4.87. The number of rotatable bonds is 3. The normalized spacial score (nSPS) is 10.3. The third-order valence-corrected chi connectivity index (χ3v) is 2.59. The van der Waals surface area contributed by atoms with E-state index < -0.39 is 11.7 Å². The molecule has 6 heteroatoms. The molecule has 0 fully saturated rings. The second-order valence-corrected chi connectivity index (χ2v) is 3.87. The van der Waals surface area contributed by atoms with Gasteiger partial charge < -0.3 is 11.1 Å². The Kier molecular flexibility index (Phi) is 3.27. The highest BCUT2D eigenvalue weighted by molar-refractivity contribution is 5.95. The minimum absolute atomic E-state index is 0.0582. The topological polar surface area (TPSA) is 72.9 Å². The highest BCUT2D eigenvalue weighted by Crippen LogP contribution is 2.12. The molecule has 1 amide bonds. The minimum atomic E-state index is -0.591. The Labute approximate surface area is 103 Å². The van der Waals surface area contributed by atoms with E-state index >= 15 is 0 Å². The van der Waals surface area contributed by atoms with E-state index in [2.05, 4.69) is 10.4 Å². The van der Waals surface area contributed by atoms with E-state index in [9.17, 15) is 9.18 Å². The monoisotopic (exact) mass is 248 g/mol. The van der Waals surface area contributed by atoms with Gasteiger partial charge in [0.05, 0.1) is 17.8 Å². The Morgan fingerprint density at radius 2 is 2.28 bits per heavy atom. The molecule has 0 saturated carbocycles. The molecule has 0 aliphatic carbocycles. The van der Waals surface area contributed by atoms with Crippen LogP contribution in [-0.2, 0) is 13.6 Å². The maximum atomic E-state index is 13.4. The average Bonchev–Trinajstić information content (AvgIpc) is 2.75. The lowest BCUT2D eigenvalue weighted by Crippen LogP contribution is -2.25. The lowest BCUT2D eigenvalue weighted by Gasteiger charge is -2.07. The first-order chi connectivity index (χ1) is 8.58. The summed E-state index contributed by atoms with van der Waals surface area (Å²) < 4.78 is 15.1. The van der Waals surface area contributed by atoms with Crippen LogP contribution in [0, 0.1) is 5.82 Å². The van der Waals surface area contributed by atoms with Crippen LogP contribution in [0.15, 0.2) is 30.5 Å². The number of amides is 1. The van der Waals surface area contributed by atoms with Crippen LogP contribution in [0.5, 0.6) is 0 Å². The first kappa shape index (κ1) is 12.1. The Morgan fingerprint density at radius 3 is 2.94 bits per heavy atom. The molecule has 0 unspecified atom stereocenters. The van der Waals surface area contributed by atoms with Gasteiger partial charge in [0.25, 0.3) is 5.91 Å². The number of nitrogens with zero attached hydrogens (tertiary/aromatic N) is 2. The van der Waals surface area contributed by atoms with Gasteiger partial charge in [-0.05, 0) is 24.3 Å². The zero-order chi connectivity index (χ0) is 13.1. The van der Waals surface area contributed by atoms with Crippen molar-refractivity contribution in [1.29, 1.82) is 0 Å². The van der Waals surface area contributed by atoms with Crippen molar-refractivity contribution in [3.8, 4) is 0 Å². The summed E-state index contributed by atoms with van der Waals surface area (Å²) in [5.74, 6) is -1.09. The van der Waals surface area contributed by atoms with Gasteiger partial charge in [-0.2, -0.15) is 5.10 Å². The first-order valence-electron chi connectivity index (χ1n) is 5.38. The summed E-state index contributed by atoms with van der Waals surface area (Å²) in [6.45, 7) is 0.281. The molecule has 0 radical (unpaired) electrons. The molecule has 2 rings (SSSR count). The molecule has 1 heterocycles. The quantitative estimate of drug-likeness (QED) is 0.798. The van der Waals surface area contributed by atoms with Crippen LogP contribution < -0.4 is 11.1 Å². The lowest BCUT2D eigenvalue weighted by molar-refractivity contribution is 0.0946. The molecular weight excluding hydrogens is 235 g/mol. The number of halogens is 1. The average molecular weight is 248 g/mol. The van der Waals surface area contributed by atoms with Crippen LogP contribution in [0.25, 0.3) is 0 Å². The molecule has 94 valence electrons. The molecule has 1 aromatic heterocycles. The van der Waals surface area contributed by atoms with E-state index in [-0.39, 0.29) is 12.1 Å². The molecule has 0 bridgehead atoms. The fourth-order valence-corrected chi connectivity index (χ4v) is 1.56. The largest absolute Gasteiger partial charge is 0.399 e. The lowest BCUT2D eigenvalue weighted by atomic mass is 10.1. The number of aromatic nitrogens is 2. The van der Waals surface area contributed by atoms with E-state index in [0.29, 0.717) is 5.69 Å². The number of nitrogens with one attached hydrogen (secondary N) is 1. The number of hydrogen-bond donors (Lipinski definition) is 2. The van der Waals surface area contributed by atoms with Crippen molar-refractivity contribution in [2.75, 3.05) is 5.73 Å². The van der Waals surface area contributed by atoms with Crippen LogP contribution in [0.1, 0.15) is 16.1 Å². The number of nitrogens with two attached hydrogens (primary N) is 1. The molecular formula is C12H13FN4O. The van der Waals surface area contributed by atoms with Crippen LogP contribution in [0.2, 0.25) is 0 Å². The molecule has 0 aliphatic heterocycles. The number of hydrogen-bond acceptors (Lipinski definition) is 3. The van der Waals surface area contributed by atoms with Crippen LogP contribution in [-0.4, -0.2) is 15.7 Å². The van der Waals surface area contributed by atoms with Crippen LogP contribution in [0.4, 0.5) is 10.1 Å². The molecule has 1 aromatic carbocycles. The summed E-state index contributed by atoms with van der Waals surface area (Å²) in [4.78, 5) is 11.8. The number of carbonyl (C=O) groups is 1. The minimum Gasteiger partial charge on any atom is -0.399 e. The summed E-state index contributed by atoms with van der Waals surface area (Å²) >= 11 is 0. The Balaban J connectivity index is 2.08. The zero-order valence-corrected chi connectivity index (χ0v) is 9.85. The summed E-state index contributed by atoms with van der Waals surface area (Å²) in [6.07, 6.45) is 1.63. The number of aryl methyl sites for hydroxylation is 1. The SMILES string of the molecule is Cn1nccc1CNC(=O)c1cc(N)ccc1F. The molecule has 18 heavy (non-hydrogen) atoms. The maximum Gasteiger partial charge on any atom is 0.254 e. The van der Waals surface area contributed by atoms with Gasteiger partial charge in [-0.25, -0.2) is 4.39 Å². The van der Waals surface area contributed by atoms with E-state index in [1.54, 1.807) is 24.0 Å². The van der Waals surface area contributed by atoms with Crippen molar-refractivity contribution < 1.29 is 9.18 Å². The predicted octanol–water partition coefficient (Wildman–Crippen LogP) is 1.07. The van der Waals surface area contributed by atoms with Crippen molar-refractivity contribution >= 4 is 11.6 Å². The second-order valence-electron chi connectivity index (χ2n) is 3.87. The Hall–Kier alpha value is -2.37. The van der Waals surface area contributed by atoms with Gasteiger partial charge in [0.2, 0.25) is 0 Å². The van der Waals surface area contributed by atoms with E-state index in [1.807, 2.05) is 0 Å². The van der Waals surface area contributed by atoms with Gasteiger partial charge in [-0.3, -0.25) is 9.48 Å². The van der Waals surface area contributed by atoms with E-state index in [1.165, 1.54) is 18.2 Å². The van der Waals surface area contributed by atoms with Gasteiger partial charge in [-0.15, -0.1) is 0 Å². The number of anilines is 1. The molecule has 0 saturated heterocycles. The van der Waals surface area contributed by atoms with Gasteiger partial charge in [0, 0.05) is 18.9 Å². The van der Waals surface area contributed by atoms with Crippen molar-refractivity contribution in [3.05, 3.63) is 47.5 Å². The fraction of sp³-hybridized carbons (Fsp3) is 0.167. The van der Waals surface area contributed by atoms with Crippen molar-refractivity contribution in [2.24, 2.45) is 7.05 Å². The van der Waals surface area contributed by atoms with Crippen molar-refractivity contribution in [2.45, 2.75) is 6.54 Å². The molecule has 2 aromatic rings. The number of carbonyl (C=O) groups excluding carboxylic acids is 1. The fourth-order valence-electron chi connectivity index (χ4n) is 1.56. The highest BCUT2D eigenvalue weighted by Gasteiger charge is 2.12. The summed E-state index contributed by atoms with van der Waals surface area (Å²) in [7, 11) is 1.77. The standard InChI is InChI=1S/C12H13FN4O/c1-17-9(4-5-16-17)7-15-12(18)10-6-8(14)2-3-11(10)13/h2-6H,7,14H2,1H3,(H,15,18). The molecule has 0 aliphatic rings. The van der Waals surface area contributed by atoms with Crippen LogP contribution in [0.3, 0.4) is 0 Å². The Bertz CT molecular complexity index is 579. The summed E-state index contributed by atoms with van der Waals surface area (Å²) in [5, 5.41) is 6.59. The van der Waals surface area contributed by atoms with Crippen LogP contribution >= 0.6 is 0 Å². The molecule has 5 nitrogen and oxygen atoms in total. The van der Waals surface area contributed by atoms with Gasteiger partial charge in [0.15, 0.2) is 0 Å². The van der Waals surface area contributed by atoms with Gasteiger partial charge in [-0.1, -0.05) is 0 Å².